The number of aryl methyl sites for hydroxylation is 2. The minimum atomic E-state index is 0.0794. The van der Waals surface area contributed by atoms with Gasteiger partial charge in [0.05, 0.1) is 11.3 Å². The largest absolute Gasteiger partial charge is 0.436 e. The van der Waals surface area contributed by atoms with E-state index < -0.39 is 0 Å². The first kappa shape index (κ1) is 26.5. The molecule has 0 amide bonds. The molecule has 3 heteroatoms. The Bertz CT molecular complexity index is 1900. The lowest BCUT2D eigenvalue weighted by atomic mass is 9.86. The number of hydrogen-bond donors (Lipinski definition) is 0. The lowest BCUT2D eigenvalue weighted by Crippen LogP contribution is -2.11. The highest BCUT2D eigenvalue weighted by molar-refractivity contribution is 5.94. The van der Waals surface area contributed by atoms with Gasteiger partial charge in [-0.15, -0.1) is 0 Å². The lowest BCUT2D eigenvalue weighted by molar-refractivity contribution is 0.590. The molecule has 6 rings (SSSR count). The molecule has 0 fully saturated rings. The Kier molecular flexibility index (Phi) is 6.88. The summed E-state index contributed by atoms with van der Waals surface area (Å²) in [5.41, 5.74) is 12.8. The Hall–Kier alpha value is -4.76. The molecule has 3 nitrogen and oxygen atoms in total. The number of nitrogens with zero attached hydrogens (tertiary/aromatic N) is 2. The second-order valence-corrected chi connectivity index (χ2v) is 11.7. The number of aromatic nitrogens is 1. The van der Waals surface area contributed by atoms with E-state index in [-0.39, 0.29) is 5.41 Å². The van der Waals surface area contributed by atoms with Crippen molar-refractivity contribution in [3.63, 3.8) is 0 Å². The zero-order valence-corrected chi connectivity index (χ0v) is 24.3. The molecule has 0 spiro atoms. The zero-order valence-electron chi connectivity index (χ0n) is 24.3. The molecule has 0 N–H and O–H groups in total. The van der Waals surface area contributed by atoms with Crippen molar-refractivity contribution in [1.29, 1.82) is 0 Å². The van der Waals surface area contributed by atoms with E-state index in [0.29, 0.717) is 5.89 Å². The number of aliphatic imine (C=N–C) groups is 1. The molecule has 5 aromatic carbocycles. The molecule has 0 aliphatic heterocycles. The van der Waals surface area contributed by atoms with Crippen molar-refractivity contribution in [2.24, 2.45) is 4.99 Å². The van der Waals surface area contributed by atoms with Gasteiger partial charge in [-0.1, -0.05) is 105 Å². The number of oxazole rings is 1. The molecular weight excluding hydrogens is 500 g/mol. The standard InChI is InChI=1S/C38H34N2O/c1-25-19-20-26(2)33(21-25)29-13-9-12-28(23-29)31-16-10-18-35-36(31)40-37(41-35)32-15-6-7-17-34(32)39-24-27-11-8-14-30(22-27)38(3,4)5/h6-24H,1-5H3. The third-order valence-corrected chi connectivity index (χ3v) is 7.54. The molecule has 41 heavy (non-hydrogen) atoms. The van der Waals surface area contributed by atoms with Crippen LogP contribution >= 0.6 is 0 Å². The highest BCUT2D eigenvalue weighted by atomic mass is 16.3. The summed E-state index contributed by atoms with van der Waals surface area (Å²) in [7, 11) is 0. The van der Waals surface area contributed by atoms with Gasteiger partial charge in [-0.05, 0) is 83.0 Å². The van der Waals surface area contributed by atoms with Crippen molar-refractivity contribution in [2.75, 3.05) is 0 Å². The van der Waals surface area contributed by atoms with Crippen LogP contribution in [0.3, 0.4) is 0 Å². The SMILES string of the molecule is Cc1ccc(C)c(-c2cccc(-c3cccc4oc(-c5ccccc5N=Cc5cccc(C(C)(C)C)c5)nc34)c2)c1. The van der Waals surface area contributed by atoms with Gasteiger partial charge in [-0.3, -0.25) is 4.99 Å². The first-order chi connectivity index (χ1) is 19.8. The molecule has 0 bridgehead atoms. The average molecular weight is 535 g/mol. The van der Waals surface area contributed by atoms with Gasteiger partial charge in [0.1, 0.15) is 5.52 Å². The maximum Gasteiger partial charge on any atom is 0.229 e. The van der Waals surface area contributed by atoms with Crippen molar-refractivity contribution < 1.29 is 4.42 Å². The second-order valence-electron chi connectivity index (χ2n) is 11.7. The summed E-state index contributed by atoms with van der Waals surface area (Å²) >= 11 is 0. The summed E-state index contributed by atoms with van der Waals surface area (Å²) in [6.45, 7) is 11.0. The Morgan fingerprint density at radius 3 is 2.24 bits per heavy atom. The molecule has 0 saturated carbocycles. The zero-order chi connectivity index (χ0) is 28.6. The summed E-state index contributed by atoms with van der Waals surface area (Å²) in [5.74, 6) is 0.564. The van der Waals surface area contributed by atoms with Crippen LogP contribution in [0, 0.1) is 13.8 Å². The number of hydrogen-bond acceptors (Lipinski definition) is 3. The maximum absolute atomic E-state index is 6.34. The third-order valence-electron chi connectivity index (χ3n) is 7.54. The van der Waals surface area contributed by atoms with Crippen LogP contribution in [0.15, 0.2) is 119 Å². The number of benzene rings is 5. The summed E-state index contributed by atoms with van der Waals surface area (Å²) in [6, 6.07) is 37.9. The van der Waals surface area contributed by atoms with E-state index in [2.05, 4.69) is 107 Å². The highest BCUT2D eigenvalue weighted by Crippen LogP contribution is 2.37. The number of rotatable bonds is 5. The van der Waals surface area contributed by atoms with Crippen LogP contribution in [-0.2, 0) is 5.41 Å². The summed E-state index contributed by atoms with van der Waals surface area (Å²) < 4.78 is 6.34. The van der Waals surface area contributed by atoms with E-state index in [1.807, 2.05) is 42.6 Å². The first-order valence-corrected chi connectivity index (χ1v) is 14.1. The molecule has 0 saturated heterocycles. The molecular formula is C38H34N2O. The summed E-state index contributed by atoms with van der Waals surface area (Å²) in [6.07, 6.45) is 1.92. The quantitative estimate of drug-likeness (QED) is 0.206. The minimum absolute atomic E-state index is 0.0794. The van der Waals surface area contributed by atoms with Gasteiger partial charge >= 0.3 is 0 Å². The molecule has 0 aliphatic carbocycles. The fourth-order valence-corrected chi connectivity index (χ4v) is 5.19. The first-order valence-electron chi connectivity index (χ1n) is 14.1. The third kappa shape index (κ3) is 5.49. The van der Waals surface area contributed by atoms with E-state index in [0.717, 1.165) is 39.0 Å². The smallest absolute Gasteiger partial charge is 0.229 e. The molecule has 1 heterocycles. The van der Waals surface area contributed by atoms with Crippen molar-refractivity contribution in [3.05, 3.63) is 131 Å². The molecule has 0 radical (unpaired) electrons. The van der Waals surface area contributed by atoms with E-state index >= 15 is 0 Å². The van der Waals surface area contributed by atoms with Crippen molar-refractivity contribution in [1.82, 2.24) is 4.98 Å². The van der Waals surface area contributed by atoms with Gasteiger partial charge in [0.25, 0.3) is 0 Å². The molecule has 0 atom stereocenters. The van der Waals surface area contributed by atoms with E-state index in [1.165, 1.54) is 27.8 Å². The van der Waals surface area contributed by atoms with Crippen molar-refractivity contribution in [2.45, 2.75) is 40.0 Å². The summed E-state index contributed by atoms with van der Waals surface area (Å²) in [4.78, 5) is 9.88. The predicted molar refractivity (Wildman–Crippen MR) is 172 cm³/mol. The topological polar surface area (TPSA) is 38.4 Å². The normalized spacial score (nSPS) is 11.9. The molecule has 0 unspecified atom stereocenters. The van der Waals surface area contributed by atoms with Gasteiger partial charge < -0.3 is 4.42 Å². The van der Waals surface area contributed by atoms with E-state index in [9.17, 15) is 0 Å². The van der Waals surface area contributed by atoms with Crippen molar-refractivity contribution in [3.8, 4) is 33.7 Å². The predicted octanol–water partition coefficient (Wildman–Crippen LogP) is 10.5. The van der Waals surface area contributed by atoms with Crippen LogP contribution < -0.4 is 0 Å². The minimum Gasteiger partial charge on any atom is -0.436 e. The Labute approximate surface area is 242 Å². The van der Waals surface area contributed by atoms with Gasteiger partial charge in [-0.2, -0.15) is 0 Å². The van der Waals surface area contributed by atoms with Crippen LogP contribution in [0.1, 0.15) is 43.0 Å². The Morgan fingerprint density at radius 2 is 1.41 bits per heavy atom. The highest BCUT2D eigenvalue weighted by Gasteiger charge is 2.16. The van der Waals surface area contributed by atoms with E-state index in [4.69, 9.17) is 14.4 Å². The second kappa shape index (κ2) is 10.7. The molecule has 0 aliphatic rings. The van der Waals surface area contributed by atoms with Crippen molar-refractivity contribution >= 4 is 23.0 Å². The van der Waals surface area contributed by atoms with Crippen LogP contribution in [0.4, 0.5) is 5.69 Å². The number of para-hydroxylation sites is 2. The molecule has 1 aromatic heterocycles. The number of fused-ring (bicyclic) bond motifs is 1. The maximum atomic E-state index is 6.34. The fourth-order valence-electron chi connectivity index (χ4n) is 5.19. The Balaban J connectivity index is 1.38. The van der Waals surface area contributed by atoms with Gasteiger partial charge in [0.2, 0.25) is 5.89 Å². The van der Waals surface area contributed by atoms with Gasteiger partial charge in [0, 0.05) is 11.8 Å². The van der Waals surface area contributed by atoms with Gasteiger partial charge in [0.15, 0.2) is 5.58 Å². The monoisotopic (exact) mass is 534 g/mol. The van der Waals surface area contributed by atoms with Crippen LogP contribution in [0.25, 0.3) is 44.8 Å². The molecule has 6 aromatic rings. The van der Waals surface area contributed by atoms with Crippen LogP contribution in [-0.4, -0.2) is 11.2 Å². The lowest BCUT2D eigenvalue weighted by Gasteiger charge is -2.19. The van der Waals surface area contributed by atoms with Gasteiger partial charge in [-0.25, -0.2) is 4.98 Å². The van der Waals surface area contributed by atoms with Crippen LogP contribution in [0.2, 0.25) is 0 Å². The molecule has 202 valence electrons. The average Bonchev–Trinajstić information content (AvgIpc) is 3.42. The summed E-state index contributed by atoms with van der Waals surface area (Å²) in [5, 5.41) is 0. The van der Waals surface area contributed by atoms with Crippen LogP contribution in [0.5, 0.6) is 0 Å². The Morgan fingerprint density at radius 1 is 0.683 bits per heavy atom. The fraction of sp³-hybridized carbons (Fsp3) is 0.158. The van der Waals surface area contributed by atoms with E-state index in [1.54, 1.807) is 0 Å².